The molecule has 1 aliphatic heterocycles. The van der Waals surface area contributed by atoms with Crippen molar-refractivity contribution in [3.63, 3.8) is 0 Å². The molecule has 9 heteroatoms. The van der Waals surface area contributed by atoms with Crippen LogP contribution in [0.15, 0.2) is 45.5 Å². The summed E-state index contributed by atoms with van der Waals surface area (Å²) in [7, 11) is 0. The molecular formula is C20H17BrN2O6. The van der Waals surface area contributed by atoms with Gasteiger partial charge in [0.1, 0.15) is 11.3 Å². The van der Waals surface area contributed by atoms with Gasteiger partial charge in [-0.15, -0.1) is 0 Å². The SMILES string of the molecule is CCOc1cc(/C=C2\C(=O)N(c3ccc(O)c(C(=O)O)c3)N=C2C)cc(Br)c1O. The Hall–Kier alpha value is -3.33. The highest BCUT2D eigenvalue weighted by molar-refractivity contribution is 9.10. The molecule has 1 amide bonds. The summed E-state index contributed by atoms with van der Waals surface area (Å²) >= 11 is 3.26. The molecule has 0 atom stereocenters. The molecule has 0 spiro atoms. The molecule has 0 saturated carbocycles. The number of rotatable bonds is 5. The second kappa shape index (κ2) is 7.96. The summed E-state index contributed by atoms with van der Waals surface area (Å²) in [5, 5.41) is 34.2. The van der Waals surface area contributed by atoms with Crippen molar-refractivity contribution in [3.05, 3.63) is 51.5 Å². The first kappa shape index (κ1) is 20.4. The Balaban J connectivity index is 1.99. The molecule has 8 nitrogen and oxygen atoms in total. The van der Waals surface area contributed by atoms with Crippen LogP contribution in [-0.2, 0) is 4.79 Å². The molecule has 0 fully saturated rings. The Morgan fingerprint density at radius 1 is 1.28 bits per heavy atom. The molecule has 1 aliphatic rings. The number of nitrogens with zero attached hydrogens (tertiary/aromatic N) is 2. The number of amides is 1. The number of carbonyl (C=O) groups excluding carboxylic acids is 1. The minimum atomic E-state index is -1.31. The zero-order valence-electron chi connectivity index (χ0n) is 15.5. The van der Waals surface area contributed by atoms with E-state index in [1.807, 2.05) is 0 Å². The van der Waals surface area contributed by atoms with E-state index in [-0.39, 0.29) is 22.7 Å². The van der Waals surface area contributed by atoms with Crippen LogP contribution in [0.1, 0.15) is 29.8 Å². The van der Waals surface area contributed by atoms with Gasteiger partial charge in [-0.1, -0.05) is 0 Å². The number of hydrazone groups is 1. The molecule has 3 rings (SSSR count). The first-order valence-electron chi connectivity index (χ1n) is 8.56. The topological polar surface area (TPSA) is 120 Å². The van der Waals surface area contributed by atoms with Crippen molar-refractivity contribution in [1.29, 1.82) is 0 Å². The number of phenolic OH excluding ortho intramolecular Hbond substituents is 1. The average molecular weight is 461 g/mol. The van der Waals surface area contributed by atoms with Crippen molar-refractivity contribution in [3.8, 4) is 17.2 Å². The van der Waals surface area contributed by atoms with E-state index in [1.54, 1.807) is 32.1 Å². The van der Waals surface area contributed by atoms with E-state index in [9.17, 15) is 19.8 Å². The van der Waals surface area contributed by atoms with E-state index in [1.165, 1.54) is 18.2 Å². The van der Waals surface area contributed by atoms with Crippen LogP contribution in [0.4, 0.5) is 5.69 Å². The van der Waals surface area contributed by atoms with Crippen LogP contribution in [0.5, 0.6) is 17.2 Å². The number of halogens is 1. The Morgan fingerprint density at radius 2 is 2.00 bits per heavy atom. The lowest BCUT2D eigenvalue weighted by molar-refractivity contribution is -0.114. The summed E-state index contributed by atoms with van der Waals surface area (Å²) in [6, 6.07) is 7.02. The van der Waals surface area contributed by atoms with Gasteiger partial charge >= 0.3 is 5.97 Å². The largest absolute Gasteiger partial charge is 0.507 e. The summed E-state index contributed by atoms with van der Waals surface area (Å²) in [5.74, 6) is -1.93. The van der Waals surface area contributed by atoms with Crippen LogP contribution in [0, 0.1) is 0 Å². The van der Waals surface area contributed by atoms with Crippen molar-refractivity contribution in [2.75, 3.05) is 11.6 Å². The van der Waals surface area contributed by atoms with Crippen molar-refractivity contribution in [1.82, 2.24) is 0 Å². The van der Waals surface area contributed by atoms with Gasteiger partial charge in [0.2, 0.25) is 0 Å². The van der Waals surface area contributed by atoms with E-state index >= 15 is 0 Å². The second-order valence-corrected chi connectivity index (χ2v) is 7.00. The fraction of sp³-hybridized carbons (Fsp3) is 0.150. The molecule has 0 saturated heterocycles. The van der Waals surface area contributed by atoms with Crippen molar-refractivity contribution in [2.24, 2.45) is 5.10 Å². The van der Waals surface area contributed by atoms with Crippen LogP contribution in [0.3, 0.4) is 0 Å². The molecule has 1 heterocycles. The Bertz CT molecular complexity index is 1080. The van der Waals surface area contributed by atoms with Gasteiger partial charge in [0.25, 0.3) is 5.91 Å². The van der Waals surface area contributed by atoms with Gasteiger partial charge in [-0.2, -0.15) is 10.1 Å². The highest BCUT2D eigenvalue weighted by Gasteiger charge is 2.29. The van der Waals surface area contributed by atoms with Crippen molar-refractivity contribution in [2.45, 2.75) is 13.8 Å². The molecule has 29 heavy (non-hydrogen) atoms. The van der Waals surface area contributed by atoms with Crippen LogP contribution >= 0.6 is 15.9 Å². The Morgan fingerprint density at radius 3 is 2.66 bits per heavy atom. The van der Waals surface area contributed by atoms with E-state index in [0.717, 1.165) is 5.01 Å². The molecule has 0 aliphatic carbocycles. The Kier molecular flexibility index (Phi) is 5.60. The summed E-state index contributed by atoms with van der Waals surface area (Å²) in [4.78, 5) is 24.1. The van der Waals surface area contributed by atoms with Crippen LogP contribution in [0.25, 0.3) is 6.08 Å². The van der Waals surface area contributed by atoms with Gasteiger partial charge in [-0.05, 0) is 71.7 Å². The fourth-order valence-corrected chi connectivity index (χ4v) is 3.26. The lowest BCUT2D eigenvalue weighted by atomic mass is 10.1. The normalized spacial score (nSPS) is 15.0. The third-order valence-corrected chi connectivity index (χ3v) is 4.78. The van der Waals surface area contributed by atoms with Gasteiger partial charge < -0.3 is 20.1 Å². The van der Waals surface area contributed by atoms with Gasteiger partial charge in [0.05, 0.1) is 28.1 Å². The zero-order chi connectivity index (χ0) is 21.3. The molecule has 0 bridgehead atoms. The summed E-state index contributed by atoms with van der Waals surface area (Å²) < 4.78 is 5.81. The third kappa shape index (κ3) is 3.95. The average Bonchev–Trinajstić information content (AvgIpc) is 2.94. The molecule has 0 unspecified atom stereocenters. The number of phenols is 2. The van der Waals surface area contributed by atoms with Gasteiger partial charge in [-0.3, -0.25) is 4.79 Å². The number of benzene rings is 2. The number of aromatic hydroxyl groups is 2. The first-order chi connectivity index (χ1) is 13.7. The van der Waals surface area contributed by atoms with Crippen LogP contribution < -0.4 is 9.75 Å². The number of ether oxygens (including phenoxy) is 1. The van der Waals surface area contributed by atoms with E-state index in [0.29, 0.717) is 27.9 Å². The number of anilines is 1. The summed E-state index contributed by atoms with van der Waals surface area (Å²) in [5.41, 5.74) is 1.23. The lowest BCUT2D eigenvalue weighted by Gasteiger charge is -2.13. The maximum atomic E-state index is 12.9. The standard InChI is InChI=1S/C20H17BrN2O6/c1-3-29-17-8-11(7-15(21)18(17)25)6-13-10(2)22-23(19(13)26)12-4-5-16(24)14(9-12)20(27)28/h4-9,24-25H,3H2,1-2H3,(H,27,28)/b13-6-. The number of aromatic carboxylic acids is 1. The lowest BCUT2D eigenvalue weighted by Crippen LogP contribution is -2.21. The molecule has 2 aromatic rings. The molecule has 2 aromatic carbocycles. The second-order valence-electron chi connectivity index (χ2n) is 6.15. The van der Waals surface area contributed by atoms with Gasteiger partial charge in [0, 0.05) is 0 Å². The maximum Gasteiger partial charge on any atom is 0.339 e. The number of hydrogen-bond acceptors (Lipinski definition) is 6. The molecular weight excluding hydrogens is 444 g/mol. The van der Waals surface area contributed by atoms with E-state index in [4.69, 9.17) is 9.84 Å². The Labute approximate surface area is 174 Å². The first-order valence-corrected chi connectivity index (χ1v) is 9.35. The number of carbonyl (C=O) groups is 2. The minimum absolute atomic E-state index is 0.0379. The van der Waals surface area contributed by atoms with E-state index in [2.05, 4.69) is 21.0 Å². The zero-order valence-corrected chi connectivity index (χ0v) is 17.1. The quantitative estimate of drug-likeness (QED) is 0.584. The van der Waals surface area contributed by atoms with Crippen LogP contribution in [0.2, 0.25) is 0 Å². The number of carboxylic acid groups (broad SMARTS) is 1. The minimum Gasteiger partial charge on any atom is -0.507 e. The molecule has 3 N–H and O–H groups in total. The molecule has 150 valence electrons. The van der Waals surface area contributed by atoms with Gasteiger partial charge in [-0.25, -0.2) is 4.79 Å². The smallest absolute Gasteiger partial charge is 0.339 e. The highest BCUT2D eigenvalue weighted by atomic mass is 79.9. The summed E-state index contributed by atoms with van der Waals surface area (Å²) in [6.45, 7) is 3.80. The maximum absolute atomic E-state index is 12.9. The van der Waals surface area contributed by atoms with E-state index < -0.39 is 17.6 Å². The monoisotopic (exact) mass is 460 g/mol. The van der Waals surface area contributed by atoms with Gasteiger partial charge in [0.15, 0.2) is 11.5 Å². The van der Waals surface area contributed by atoms with Crippen molar-refractivity contribution < 1.29 is 29.6 Å². The molecule has 0 aromatic heterocycles. The predicted octanol–water partition coefficient (Wildman–Crippen LogP) is 3.76. The number of carboxylic acids is 1. The predicted molar refractivity (Wildman–Crippen MR) is 111 cm³/mol. The highest BCUT2D eigenvalue weighted by Crippen LogP contribution is 2.37. The summed E-state index contributed by atoms with van der Waals surface area (Å²) in [6.07, 6.45) is 1.60. The molecule has 0 radical (unpaired) electrons. The van der Waals surface area contributed by atoms with Crippen LogP contribution in [-0.4, -0.2) is 39.5 Å². The fourth-order valence-electron chi connectivity index (χ4n) is 2.80. The number of hydrogen-bond donors (Lipinski definition) is 3. The van der Waals surface area contributed by atoms with Crippen molar-refractivity contribution >= 4 is 45.3 Å². The third-order valence-electron chi connectivity index (χ3n) is 4.18.